The lowest BCUT2D eigenvalue weighted by Crippen LogP contribution is -2.36. The third-order valence-electron chi connectivity index (χ3n) is 4.41. The Labute approximate surface area is 112 Å². The van der Waals surface area contributed by atoms with Crippen molar-refractivity contribution in [2.45, 2.75) is 47.0 Å². The summed E-state index contributed by atoms with van der Waals surface area (Å²) in [6, 6.07) is 0. The van der Waals surface area contributed by atoms with Crippen LogP contribution >= 0.6 is 0 Å². The first-order chi connectivity index (χ1) is 8.50. The maximum absolute atomic E-state index is 11.9. The second kappa shape index (κ2) is 7.78. The average molecular weight is 254 g/mol. The molecule has 18 heavy (non-hydrogen) atoms. The van der Waals surface area contributed by atoms with Gasteiger partial charge in [0.25, 0.3) is 0 Å². The van der Waals surface area contributed by atoms with E-state index in [1.165, 1.54) is 12.8 Å². The first-order valence-corrected chi connectivity index (χ1v) is 7.48. The highest BCUT2D eigenvalue weighted by Crippen LogP contribution is 2.22. The summed E-state index contributed by atoms with van der Waals surface area (Å²) < 4.78 is 0. The van der Waals surface area contributed by atoms with Gasteiger partial charge < -0.3 is 10.6 Å². The molecule has 1 rings (SSSR count). The number of carbonyl (C=O) groups is 1. The van der Waals surface area contributed by atoms with Crippen LogP contribution in [0, 0.1) is 23.7 Å². The van der Waals surface area contributed by atoms with E-state index in [9.17, 15) is 4.79 Å². The van der Waals surface area contributed by atoms with E-state index in [2.05, 4.69) is 38.3 Å². The molecule has 0 bridgehead atoms. The number of amides is 1. The zero-order valence-corrected chi connectivity index (χ0v) is 12.5. The molecule has 3 atom stereocenters. The van der Waals surface area contributed by atoms with E-state index in [0.29, 0.717) is 30.1 Å². The number of rotatable bonds is 6. The van der Waals surface area contributed by atoms with Crippen molar-refractivity contribution in [3.05, 3.63) is 0 Å². The van der Waals surface area contributed by atoms with Crippen molar-refractivity contribution < 1.29 is 4.79 Å². The molecule has 3 nitrogen and oxygen atoms in total. The Morgan fingerprint density at radius 3 is 2.61 bits per heavy atom. The summed E-state index contributed by atoms with van der Waals surface area (Å²) >= 11 is 0. The van der Waals surface area contributed by atoms with Gasteiger partial charge in [0.15, 0.2) is 0 Å². The van der Waals surface area contributed by atoms with Gasteiger partial charge in [0.1, 0.15) is 0 Å². The lowest BCUT2D eigenvalue weighted by molar-refractivity contribution is -0.122. The highest BCUT2D eigenvalue weighted by Gasteiger charge is 2.22. The normalized spacial score (nSPS) is 23.7. The minimum Gasteiger partial charge on any atom is -0.356 e. The van der Waals surface area contributed by atoms with E-state index in [1.807, 2.05) is 0 Å². The summed E-state index contributed by atoms with van der Waals surface area (Å²) in [4.78, 5) is 11.9. The summed E-state index contributed by atoms with van der Waals surface area (Å²) in [5, 5.41) is 6.50. The van der Waals surface area contributed by atoms with Gasteiger partial charge in [-0.25, -0.2) is 0 Å². The van der Waals surface area contributed by atoms with E-state index in [4.69, 9.17) is 0 Å². The third-order valence-corrected chi connectivity index (χ3v) is 4.41. The van der Waals surface area contributed by atoms with E-state index in [0.717, 1.165) is 19.6 Å². The smallest absolute Gasteiger partial charge is 0.220 e. The molecule has 1 amide bonds. The predicted octanol–water partition coefficient (Wildman–Crippen LogP) is 2.42. The second-order valence-electron chi connectivity index (χ2n) is 6.31. The fourth-order valence-corrected chi connectivity index (χ4v) is 2.41. The Balaban J connectivity index is 2.22. The molecule has 0 aromatic rings. The van der Waals surface area contributed by atoms with Gasteiger partial charge in [-0.05, 0) is 49.6 Å². The highest BCUT2D eigenvalue weighted by atomic mass is 16.1. The molecule has 106 valence electrons. The number of nitrogens with one attached hydrogen (secondary N) is 2. The van der Waals surface area contributed by atoms with Gasteiger partial charge in [-0.1, -0.05) is 27.7 Å². The van der Waals surface area contributed by atoms with Crippen LogP contribution in [0.4, 0.5) is 0 Å². The summed E-state index contributed by atoms with van der Waals surface area (Å²) in [6.45, 7) is 11.8. The van der Waals surface area contributed by atoms with Gasteiger partial charge in [-0.2, -0.15) is 0 Å². The molecular formula is C15H30N2O. The third kappa shape index (κ3) is 5.38. The van der Waals surface area contributed by atoms with Crippen LogP contribution in [0.3, 0.4) is 0 Å². The molecule has 0 saturated carbocycles. The summed E-state index contributed by atoms with van der Waals surface area (Å²) in [5.74, 6) is 2.57. The van der Waals surface area contributed by atoms with Crippen molar-refractivity contribution in [3.63, 3.8) is 0 Å². The fraction of sp³-hybridized carbons (Fsp3) is 0.933. The van der Waals surface area contributed by atoms with E-state index < -0.39 is 0 Å². The van der Waals surface area contributed by atoms with Crippen molar-refractivity contribution in [2.75, 3.05) is 19.6 Å². The molecule has 3 unspecified atom stereocenters. The maximum Gasteiger partial charge on any atom is 0.220 e. The number of hydrogen-bond acceptors (Lipinski definition) is 2. The van der Waals surface area contributed by atoms with Crippen molar-refractivity contribution >= 4 is 5.91 Å². The van der Waals surface area contributed by atoms with Gasteiger partial charge >= 0.3 is 0 Å². The molecule has 1 aliphatic rings. The van der Waals surface area contributed by atoms with Gasteiger partial charge in [0, 0.05) is 13.0 Å². The van der Waals surface area contributed by atoms with E-state index in [-0.39, 0.29) is 5.91 Å². The number of hydrogen-bond donors (Lipinski definition) is 2. The van der Waals surface area contributed by atoms with Crippen LogP contribution < -0.4 is 10.6 Å². The van der Waals surface area contributed by atoms with Crippen molar-refractivity contribution in [1.82, 2.24) is 10.6 Å². The monoisotopic (exact) mass is 254 g/mol. The first kappa shape index (κ1) is 15.5. The Hall–Kier alpha value is -0.570. The second-order valence-corrected chi connectivity index (χ2v) is 6.31. The zero-order valence-electron chi connectivity index (χ0n) is 12.5. The van der Waals surface area contributed by atoms with Gasteiger partial charge in [-0.15, -0.1) is 0 Å². The molecule has 0 spiro atoms. The minimum absolute atomic E-state index is 0.223. The van der Waals surface area contributed by atoms with E-state index >= 15 is 0 Å². The molecule has 2 N–H and O–H groups in total. The van der Waals surface area contributed by atoms with Crippen LogP contribution in [0.1, 0.15) is 47.0 Å². The Morgan fingerprint density at radius 2 is 2.06 bits per heavy atom. The zero-order chi connectivity index (χ0) is 13.5. The Bertz CT molecular complexity index is 247. The molecule has 0 aromatic heterocycles. The first-order valence-electron chi connectivity index (χ1n) is 7.48. The molecule has 1 heterocycles. The van der Waals surface area contributed by atoms with Gasteiger partial charge in [0.2, 0.25) is 5.91 Å². The van der Waals surface area contributed by atoms with Gasteiger partial charge in [0.05, 0.1) is 0 Å². The van der Waals surface area contributed by atoms with Crippen LogP contribution in [-0.2, 0) is 4.79 Å². The van der Waals surface area contributed by atoms with Crippen LogP contribution in [0.2, 0.25) is 0 Å². The number of carbonyl (C=O) groups excluding carboxylic acids is 1. The molecule has 0 radical (unpaired) electrons. The molecule has 1 fully saturated rings. The molecule has 1 aliphatic heterocycles. The van der Waals surface area contributed by atoms with Crippen LogP contribution in [0.5, 0.6) is 0 Å². The van der Waals surface area contributed by atoms with Crippen molar-refractivity contribution in [2.24, 2.45) is 23.7 Å². The van der Waals surface area contributed by atoms with E-state index in [1.54, 1.807) is 0 Å². The Kier molecular flexibility index (Phi) is 6.69. The lowest BCUT2D eigenvalue weighted by Gasteiger charge is -2.28. The fourth-order valence-electron chi connectivity index (χ4n) is 2.41. The largest absolute Gasteiger partial charge is 0.356 e. The molecule has 0 aromatic carbocycles. The average Bonchev–Trinajstić information content (AvgIpc) is 2.36. The number of piperidine rings is 1. The maximum atomic E-state index is 11.9. The van der Waals surface area contributed by atoms with Crippen LogP contribution in [-0.4, -0.2) is 25.5 Å². The topological polar surface area (TPSA) is 41.1 Å². The summed E-state index contributed by atoms with van der Waals surface area (Å²) in [5.41, 5.74) is 0. The Morgan fingerprint density at radius 1 is 1.33 bits per heavy atom. The lowest BCUT2D eigenvalue weighted by atomic mass is 9.85. The molecule has 3 heteroatoms. The summed E-state index contributed by atoms with van der Waals surface area (Å²) in [6.07, 6.45) is 3.20. The van der Waals surface area contributed by atoms with Crippen molar-refractivity contribution in [3.8, 4) is 0 Å². The quantitative estimate of drug-likeness (QED) is 0.764. The predicted molar refractivity (Wildman–Crippen MR) is 76.4 cm³/mol. The molecule has 1 saturated heterocycles. The van der Waals surface area contributed by atoms with Crippen LogP contribution in [0.15, 0.2) is 0 Å². The SMILES string of the molecule is CC(C)C(C)CNC(=O)CC(C)C1CCCNC1. The van der Waals surface area contributed by atoms with Crippen LogP contribution in [0.25, 0.3) is 0 Å². The van der Waals surface area contributed by atoms with Crippen molar-refractivity contribution in [1.29, 1.82) is 0 Å². The highest BCUT2D eigenvalue weighted by molar-refractivity contribution is 5.76. The summed E-state index contributed by atoms with van der Waals surface area (Å²) in [7, 11) is 0. The molecular weight excluding hydrogens is 224 g/mol. The minimum atomic E-state index is 0.223. The molecule has 0 aliphatic carbocycles. The standard InChI is InChI=1S/C15H30N2O/c1-11(2)13(4)9-17-15(18)8-12(3)14-6-5-7-16-10-14/h11-14,16H,5-10H2,1-4H3,(H,17,18). The van der Waals surface area contributed by atoms with Gasteiger partial charge in [-0.3, -0.25) is 4.79 Å².